The molecule has 0 spiro atoms. The summed E-state index contributed by atoms with van der Waals surface area (Å²) >= 11 is 0. The molecule has 0 fully saturated rings. The first-order valence-electron chi connectivity index (χ1n) is 8.07. The van der Waals surface area contributed by atoms with Crippen molar-refractivity contribution in [3.05, 3.63) is 30.1 Å². The van der Waals surface area contributed by atoms with Crippen molar-refractivity contribution in [1.82, 2.24) is 14.9 Å². The molecule has 122 valence electrons. The lowest BCUT2D eigenvalue weighted by molar-refractivity contribution is 0.307. The monoisotopic (exact) mass is 313 g/mol. The molecule has 0 amide bonds. The quantitative estimate of drug-likeness (QED) is 0.733. The Hall–Kier alpha value is -2.27. The van der Waals surface area contributed by atoms with Gasteiger partial charge >= 0.3 is 0 Å². The van der Waals surface area contributed by atoms with E-state index in [9.17, 15) is 5.11 Å². The van der Waals surface area contributed by atoms with Gasteiger partial charge in [0.05, 0.1) is 35.4 Å². The van der Waals surface area contributed by atoms with Crippen LogP contribution in [0.2, 0.25) is 0 Å². The lowest BCUT2D eigenvalue weighted by Crippen LogP contribution is -2.25. The van der Waals surface area contributed by atoms with Crippen molar-refractivity contribution in [3.63, 3.8) is 0 Å². The third-order valence-corrected chi connectivity index (χ3v) is 4.46. The molecular weight excluding hydrogens is 290 g/mol. The van der Waals surface area contributed by atoms with Crippen molar-refractivity contribution in [2.24, 2.45) is 0 Å². The smallest absolute Gasteiger partial charge is 0.147 e. The molecule has 23 heavy (non-hydrogen) atoms. The van der Waals surface area contributed by atoms with Gasteiger partial charge in [0.1, 0.15) is 11.5 Å². The largest absolute Gasteiger partial charge is 0.506 e. The standard InChI is InChI=1S/C18H23N3O2/c1-4-21(5-2)10-9-13-18-16(15(23-3)11-19-13)12-7-6-8-14(22)17(12)20-18/h6-8,11,20,22H,4-5,9-10H2,1-3H3. The molecule has 0 radical (unpaired) electrons. The predicted molar refractivity (Wildman–Crippen MR) is 93.3 cm³/mol. The topological polar surface area (TPSA) is 61.4 Å². The van der Waals surface area contributed by atoms with Gasteiger partial charge in [-0.05, 0) is 19.2 Å². The molecule has 1 aromatic carbocycles. The number of aromatic hydroxyl groups is 1. The number of H-pyrrole nitrogens is 1. The number of phenolic OH excluding ortho intramolecular Hbond substituents is 1. The van der Waals surface area contributed by atoms with Crippen molar-refractivity contribution in [2.45, 2.75) is 20.3 Å². The van der Waals surface area contributed by atoms with Crippen LogP contribution in [0.15, 0.2) is 24.4 Å². The first-order valence-corrected chi connectivity index (χ1v) is 8.07. The van der Waals surface area contributed by atoms with Crippen molar-refractivity contribution >= 4 is 21.8 Å². The maximum absolute atomic E-state index is 10.1. The van der Waals surface area contributed by atoms with E-state index in [-0.39, 0.29) is 5.75 Å². The van der Waals surface area contributed by atoms with Gasteiger partial charge in [0.2, 0.25) is 0 Å². The summed E-state index contributed by atoms with van der Waals surface area (Å²) in [4.78, 5) is 10.3. The van der Waals surface area contributed by atoms with E-state index < -0.39 is 0 Å². The van der Waals surface area contributed by atoms with E-state index in [1.807, 2.05) is 12.1 Å². The van der Waals surface area contributed by atoms with Crippen LogP contribution in [0.5, 0.6) is 11.5 Å². The Morgan fingerprint density at radius 2 is 2.00 bits per heavy atom. The molecule has 3 rings (SSSR count). The van der Waals surface area contributed by atoms with Gasteiger partial charge < -0.3 is 19.7 Å². The van der Waals surface area contributed by atoms with Crippen LogP contribution in [0.25, 0.3) is 21.8 Å². The molecule has 0 aliphatic rings. The molecule has 2 N–H and O–H groups in total. The molecule has 0 saturated heterocycles. The molecular formula is C18H23N3O2. The number of nitrogens with zero attached hydrogens (tertiary/aromatic N) is 2. The van der Waals surface area contributed by atoms with Crippen LogP contribution in [-0.2, 0) is 6.42 Å². The number of rotatable bonds is 6. The van der Waals surface area contributed by atoms with Crippen molar-refractivity contribution in [3.8, 4) is 11.5 Å². The van der Waals surface area contributed by atoms with Crippen LogP contribution in [0.3, 0.4) is 0 Å². The Morgan fingerprint density at radius 3 is 2.70 bits per heavy atom. The zero-order valence-corrected chi connectivity index (χ0v) is 13.9. The van der Waals surface area contributed by atoms with Gasteiger partial charge in [-0.1, -0.05) is 26.0 Å². The van der Waals surface area contributed by atoms with E-state index in [0.29, 0.717) is 0 Å². The number of methoxy groups -OCH3 is 1. The first-order chi connectivity index (χ1) is 11.2. The minimum Gasteiger partial charge on any atom is -0.506 e. The molecule has 0 saturated carbocycles. The third-order valence-electron chi connectivity index (χ3n) is 4.46. The number of aromatic nitrogens is 2. The summed E-state index contributed by atoms with van der Waals surface area (Å²) in [6.45, 7) is 7.36. The Bertz CT molecular complexity index is 822. The Labute approximate surface area is 135 Å². The van der Waals surface area contributed by atoms with E-state index in [2.05, 4.69) is 28.7 Å². The highest BCUT2D eigenvalue weighted by molar-refractivity contribution is 6.12. The number of ether oxygens (including phenoxy) is 1. The second-order valence-electron chi connectivity index (χ2n) is 5.62. The number of nitrogens with one attached hydrogen (secondary N) is 1. The summed E-state index contributed by atoms with van der Waals surface area (Å²) in [5, 5.41) is 12.1. The number of aromatic amines is 1. The number of likely N-dealkylation sites (N-methyl/N-ethyl adjacent to an activating group) is 1. The average Bonchev–Trinajstić information content (AvgIpc) is 2.97. The second-order valence-corrected chi connectivity index (χ2v) is 5.62. The summed E-state index contributed by atoms with van der Waals surface area (Å²) in [7, 11) is 1.65. The molecule has 0 aliphatic carbocycles. The average molecular weight is 313 g/mol. The van der Waals surface area contributed by atoms with Crippen molar-refractivity contribution in [2.75, 3.05) is 26.7 Å². The molecule has 5 heteroatoms. The van der Waals surface area contributed by atoms with E-state index in [1.165, 1.54) is 0 Å². The number of para-hydroxylation sites is 1. The highest BCUT2D eigenvalue weighted by atomic mass is 16.5. The highest BCUT2D eigenvalue weighted by Gasteiger charge is 2.16. The zero-order chi connectivity index (χ0) is 16.4. The van der Waals surface area contributed by atoms with Crippen LogP contribution in [0.1, 0.15) is 19.5 Å². The molecule has 3 aromatic rings. The molecule has 2 heterocycles. The summed E-state index contributed by atoms with van der Waals surface area (Å²) < 4.78 is 5.48. The van der Waals surface area contributed by atoms with Crippen LogP contribution in [0.4, 0.5) is 0 Å². The predicted octanol–water partition coefficient (Wildman–Crippen LogP) is 3.31. The first kappa shape index (κ1) is 15.6. The fourth-order valence-electron chi connectivity index (χ4n) is 3.09. The molecule has 0 bridgehead atoms. The Kier molecular flexibility index (Phi) is 4.39. The van der Waals surface area contributed by atoms with Crippen LogP contribution < -0.4 is 4.74 Å². The van der Waals surface area contributed by atoms with Crippen molar-refractivity contribution in [1.29, 1.82) is 0 Å². The van der Waals surface area contributed by atoms with Gasteiger partial charge in [0.25, 0.3) is 0 Å². The molecule has 5 nitrogen and oxygen atoms in total. The third kappa shape index (κ3) is 2.72. The molecule has 2 aromatic heterocycles. The molecule has 0 unspecified atom stereocenters. The number of pyridine rings is 1. The van der Waals surface area contributed by atoms with E-state index in [0.717, 1.165) is 59.3 Å². The maximum atomic E-state index is 10.1. The minimum atomic E-state index is 0.246. The number of hydrogen-bond donors (Lipinski definition) is 2. The van der Waals surface area contributed by atoms with Gasteiger partial charge in [0.15, 0.2) is 0 Å². The highest BCUT2D eigenvalue weighted by Crippen LogP contribution is 2.37. The van der Waals surface area contributed by atoms with Gasteiger partial charge in [-0.25, -0.2) is 0 Å². The fourth-order valence-corrected chi connectivity index (χ4v) is 3.09. The van der Waals surface area contributed by atoms with Crippen LogP contribution >= 0.6 is 0 Å². The molecule has 0 aliphatic heterocycles. The minimum absolute atomic E-state index is 0.246. The summed E-state index contributed by atoms with van der Waals surface area (Å²) in [6.07, 6.45) is 2.63. The van der Waals surface area contributed by atoms with Gasteiger partial charge in [-0.15, -0.1) is 0 Å². The van der Waals surface area contributed by atoms with Crippen LogP contribution in [0, 0.1) is 0 Å². The van der Waals surface area contributed by atoms with E-state index in [1.54, 1.807) is 19.4 Å². The van der Waals surface area contributed by atoms with E-state index >= 15 is 0 Å². The van der Waals surface area contributed by atoms with Gasteiger partial charge in [0, 0.05) is 18.4 Å². The number of phenols is 1. The second kappa shape index (κ2) is 6.46. The van der Waals surface area contributed by atoms with Crippen molar-refractivity contribution < 1.29 is 9.84 Å². The molecule has 0 atom stereocenters. The SMILES string of the molecule is CCN(CC)CCc1ncc(OC)c2c1[nH]c1c(O)cccc12. The fraction of sp³-hybridized carbons (Fsp3) is 0.389. The van der Waals surface area contributed by atoms with Gasteiger partial charge in [-0.2, -0.15) is 0 Å². The number of benzene rings is 1. The Balaban J connectivity index is 2.13. The van der Waals surface area contributed by atoms with E-state index in [4.69, 9.17) is 4.74 Å². The summed E-state index contributed by atoms with van der Waals surface area (Å²) in [6, 6.07) is 5.53. The summed E-state index contributed by atoms with van der Waals surface area (Å²) in [5.41, 5.74) is 2.69. The lowest BCUT2D eigenvalue weighted by atomic mass is 10.1. The summed E-state index contributed by atoms with van der Waals surface area (Å²) in [5.74, 6) is 0.971. The van der Waals surface area contributed by atoms with Gasteiger partial charge in [-0.3, -0.25) is 4.98 Å². The maximum Gasteiger partial charge on any atom is 0.147 e. The number of fused-ring (bicyclic) bond motifs is 3. The number of hydrogen-bond acceptors (Lipinski definition) is 4. The van der Waals surface area contributed by atoms with Crippen LogP contribution in [-0.4, -0.2) is 46.7 Å². The lowest BCUT2D eigenvalue weighted by Gasteiger charge is -2.17. The Morgan fingerprint density at radius 1 is 1.22 bits per heavy atom. The normalized spacial score (nSPS) is 11.7. The zero-order valence-electron chi connectivity index (χ0n) is 13.9.